The zero-order valence-corrected chi connectivity index (χ0v) is 10.9. The highest BCUT2D eigenvalue weighted by atomic mass is 35.5. The van der Waals surface area contributed by atoms with Gasteiger partial charge in [0.05, 0.1) is 16.3 Å². The van der Waals surface area contributed by atoms with Gasteiger partial charge in [-0.2, -0.15) is 0 Å². The van der Waals surface area contributed by atoms with Crippen molar-refractivity contribution in [1.29, 1.82) is 0 Å². The summed E-state index contributed by atoms with van der Waals surface area (Å²) in [5.41, 5.74) is 6.53. The van der Waals surface area contributed by atoms with E-state index in [9.17, 15) is 4.79 Å². The van der Waals surface area contributed by atoms with Gasteiger partial charge in [0.15, 0.2) is 0 Å². The van der Waals surface area contributed by atoms with Gasteiger partial charge in [-0.25, -0.2) is 0 Å². The highest BCUT2D eigenvalue weighted by Crippen LogP contribution is 2.29. The number of anilines is 1. The molecule has 0 saturated carbocycles. The van der Waals surface area contributed by atoms with Gasteiger partial charge < -0.3 is 16.0 Å². The monoisotopic (exact) mass is 275 g/mol. The standard InChI is InChI=1S/C11H14ClN3O.ClH/c12-10-8(11(13)16)2-1-3-9(10)15-6-4-14-5-7-15;/h1-3,14H,4-7H2,(H2,13,16);1H. The van der Waals surface area contributed by atoms with Crippen LogP contribution < -0.4 is 16.0 Å². The summed E-state index contributed by atoms with van der Waals surface area (Å²) in [4.78, 5) is 13.3. The summed E-state index contributed by atoms with van der Waals surface area (Å²) in [5, 5.41) is 3.72. The number of piperazine rings is 1. The molecule has 0 aliphatic carbocycles. The lowest BCUT2D eigenvalue weighted by atomic mass is 10.1. The molecule has 17 heavy (non-hydrogen) atoms. The number of nitrogens with one attached hydrogen (secondary N) is 1. The van der Waals surface area contributed by atoms with Crippen LogP contribution in [0.1, 0.15) is 10.4 Å². The summed E-state index contributed by atoms with van der Waals surface area (Å²) in [6, 6.07) is 5.37. The first-order valence-corrected chi connectivity index (χ1v) is 5.62. The Labute approximate surface area is 112 Å². The quantitative estimate of drug-likeness (QED) is 0.855. The molecule has 0 radical (unpaired) electrons. The number of halogens is 2. The van der Waals surface area contributed by atoms with Crippen LogP contribution in [0.4, 0.5) is 5.69 Å². The highest BCUT2D eigenvalue weighted by Gasteiger charge is 2.16. The zero-order chi connectivity index (χ0) is 11.5. The third-order valence-corrected chi connectivity index (χ3v) is 3.10. The van der Waals surface area contributed by atoms with Crippen molar-refractivity contribution in [2.24, 2.45) is 5.73 Å². The van der Waals surface area contributed by atoms with Crippen molar-refractivity contribution < 1.29 is 4.79 Å². The number of nitrogens with zero attached hydrogens (tertiary/aromatic N) is 1. The third kappa shape index (κ3) is 3.03. The van der Waals surface area contributed by atoms with Crippen LogP contribution in [0, 0.1) is 0 Å². The van der Waals surface area contributed by atoms with Crippen LogP contribution in [0.3, 0.4) is 0 Å². The van der Waals surface area contributed by atoms with Crippen molar-refractivity contribution in [1.82, 2.24) is 5.32 Å². The molecule has 3 N–H and O–H groups in total. The van der Waals surface area contributed by atoms with E-state index in [0.717, 1.165) is 31.9 Å². The van der Waals surface area contributed by atoms with Crippen molar-refractivity contribution in [3.8, 4) is 0 Å². The maximum Gasteiger partial charge on any atom is 0.250 e. The van der Waals surface area contributed by atoms with Crippen molar-refractivity contribution in [3.63, 3.8) is 0 Å². The Bertz CT molecular complexity index is 406. The zero-order valence-electron chi connectivity index (χ0n) is 9.28. The Kier molecular flexibility index (Phi) is 5.05. The SMILES string of the molecule is Cl.NC(=O)c1cccc(N2CCNCC2)c1Cl. The fourth-order valence-electron chi connectivity index (χ4n) is 1.86. The minimum absolute atomic E-state index is 0. The number of rotatable bonds is 2. The van der Waals surface area contributed by atoms with Crippen LogP contribution in [-0.4, -0.2) is 32.1 Å². The molecular formula is C11H15Cl2N3O. The van der Waals surface area contributed by atoms with Crippen molar-refractivity contribution in [3.05, 3.63) is 28.8 Å². The number of benzene rings is 1. The van der Waals surface area contributed by atoms with E-state index in [-0.39, 0.29) is 12.4 Å². The molecule has 1 aliphatic heterocycles. The second-order valence-corrected chi connectivity index (χ2v) is 4.12. The van der Waals surface area contributed by atoms with E-state index < -0.39 is 5.91 Å². The van der Waals surface area contributed by atoms with Crippen LogP contribution in [0.2, 0.25) is 5.02 Å². The fraction of sp³-hybridized carbons (Fsp3) is 0.364. The molecule has 4 nitrogen and oxygen atoms in total. The molecule has 94 valence electrons. The average molecular weight is 276 g/mol. The van der Waals surface area contributed by atoms with Crippen molar-refractivity contribution >= 4 is 35.6 Å². The van der Waals surface area contributed by atoms with Gasteiger partial charge in [-0.1, -0.05) is 17.7 Å². The Hall–Kier alpha value is -0.970. The van der Waals surface area contributed by atoms with Gasteiger partial charge in [0, 0.05) is 26.2 Å². The van der Waals surface area contributed by atoms with Gasteiger partial charge in [-0.15, -0.1) is 12.4 Å². The van der Waals surface area contributed by atoms with E-state index in [1.807, 2.05) is 12.1 Å². The predicted octanol–water partition coefficient (Wildman–Crippen LogP) is 1.27. The molecule has 6 heteroatoms. The van der Waals surface area contributed by atoms with Crippen LogP contribution in [-0.2, 0) is 0 Å². The summed E-state index contributed by atoms with van der Waals surface area (Å²) < 4.78 is 0. The molecule has 1 aromatic carbocycles. The fourth-order valence-corrected chi connectivity index (χ4v) is 2.20. The van der Waals surface area contributed by atoms with E-state index in [4.69, 9.17) is 17.3 Å². The Morgan fingerprint density at radius 1 is 1.35 bits per heavy atom. The summed E-state index contributed by atoms with van der Waals surface area (Å²) in [7, 11) is 0. The molecular weight excluding hydrogens is 261 g/mol. The molecule has 1 heterocycles. The van der Waals surface area contributed by atoms with E-state index in [2.05, 4.69) is 10.2 Å². The Morgan fingerprint density at radius 2 is 2.00 bits per heavy atom. The van der Waals surface area contributed by atoms with Crippen molar-refractivity contribution in [2.45, 2.75) is 0 Å². The van der Waals surface area contributed by atoms with E-state index in [0.29, 0.717) is 10.6 Å². The lowest BCUT2D eigenvalue weighted by Gasteiger charge is -2.30. The maximum atomic E-state index is 11.2. The smallest absolute Gasteiger partial charge is 0.250 e. The maximum absolute atomic E-state index is 11.2. The number of nitrogens with two attached hydrogens (primary N) is 1. The molecule has 0 spiro atoms. The molecule has 0 atom stereocenters. The number of carbonyl (C=O) groups is 1. The van der Waals surface area contributed by atoms with Crippen LogP contribution >= 0.6 is 24.0 Å². The molecule has 1 fully saturated rings. The molecule has 0 bridgehead atoms. The van der Waals surface area contributed by atoms with E-state index in [1.54, 1.807) is 6.07 Å². The molecule has 2 rings (SSSR count). The number of amides is 1. The molecule has 1 aliphatic rings. The van der Waals surface area contributed by atoms with Crippen molar-refractivity contribution in [2.75, 3.05) is 31.1 Å². The summed E-state index contributed by atoms with van der Waals surface area (Å²) in [6.45, 7) is 3.64. The topological polar surface area (TPSA) is 58.4 Å². The number of hydrogen-bond donors (Lipinski definition) is 2. The predicted molar refractivity (Wildman–Crippen MR) is 72.3 cm³/mol. The molecule has 1 saturated heterocycles. The lowest BCUT2D eigenvalue weighted by Crippen LogP contribution is -2.43. The third-order valence-electron chi connectivity index (χ3n) is 2.70. The minimum Gasteiger partial charge on any atom is -0.368 e. The highest BCUT2D eigenvalue weighted by molar-refractivity contribution is 6.36. The Morgan fingerprint density at radius 3 is 2.59 bits per heavy atom. The second-order valence-electron chi connectivity index (χ2n) is 3.74. The molecule has 0 unspecified atom stereocenters. The normalized spacial score (nSPS) is 15.2. The molecule has 1 amide bonds. The largest absolute Gasteiger partial charge is 0.368 e. The van der Waals surface area contributed by atoms with Crippen LogP contribution in [0.5, 0.6) is 0 Å². The van der Waals surface area contributed by atoms with Gasteiger partial charge in [0.2, 0.25) is 5.91 Å². The molecule has 1 aromatic rings. The summed E-state index contributed by atoms with van der Waals surface area (Å²) in [6.07, 6.45) is 0. The first kappa shape index (κ1) is 14.1. The van der Waals surface area contributed by atoms with Crippen LogP contribution in [0.25, 0.3) is 0 Å². The molecule has 0 aromatic heterocycles. The van der Waals surface area contributed by atoms with E-state index >= 15 is 0 Å². The van der Waals surface area contributed by atoms with Gasteiger partial charge in [0.25, 0.3) is 0 Å². The van der Waals surface area contributed by atoms with Gasteiger partial charge in [-0.3, -0.25) is 4.79 Å². The van der Waals surface area contributed by atoms with Crippen LogP contribution in [0.15, 0.2) is 18.2 Å². The number of carbonyl (C=O) groups excluding carboxylic acids is 1. The number of primary amides is 1. The van der Waals surface area contributed by atoms with Gasteiger partial charge in [0.1, 0.15) is 0 Å². The lowest BCUT2D eigenvalue weighted by molar-refractivity contribution is 0.100. The average Bonchev–Trinajstić information content (AvgIpc) is 2.30. The Balaban J connectivity index is 0.00000144. The first-order chi connectivity index (χ1) is 7.70. The summed E-state index contributed by atoms with van der Waals surface area (Å²) >= 11 is 6.17. The minimum atomic E-state index is -0.484. The first-order valence-electron chi connectivity index (χ1n) is 5.24. The van der Waals surface area contributed by atoms with Gasteiger partial charge >= 0.3 is 0 Å². The second kappa shape index (κ2) is 6.10. The summed E-state index contributed by atoms with van der Waals surface area (Å²) in [5.74, 6) is -0.484. The van der Waals surface area contributed by atoms with E-state index in [1.165, 1.54) is 0 Å². The number of hydrogen-bond acceptors (Lipinski definition) is 3. The van der Waals surface area contributed by atoms with Gasteiger partial charge in [-0.05, 0) is 12.1 Å².